The molecule has 0 aliphatic carbocycles. The maximum Gasteiger partial charge on any atom is 0.127 e. The molecule has 0 fully saturated rings. The lowest BCUT2D eigenvalue weighted by atomic mass is 10.0. The van der Waals surface area contributed by atoms with E-state index in [4.69, 9.17) is 9.47 Å². The van der Waals surface area contributed by atoms with Gasteiger partial charge in [0.2, 0.25) is 0 Å². The van der Waals surface area contributed by atoms with Gasteiger partial charge in [-0.15, -0.1) is 11.3 Å². The second-order valence-corrected chi connectivity index (χ2v) is 6.47. The molecule has 5 heteroatoms. The summed E-state index contributed by atoms with van der Waals surface area (Å²) >= 11 is 5.38. The van der Waals surface area contributed by atoms with Gasteiger partial charge < -0.3 is 14.8 Å². The number of benzene rings is 1. The Morgan fingerprint density at radius 1 is 1.24 bits per heavy atom. The maximum absolute atomic E-state index is 5.54. The molecule has 0 saturated carbocycles. The fourth-order valence-electron chi connectivity index (χ4n) is 2.30. The van der Waals surface area contributed by atoms with Gasteiger partial charge in [-0.2, -0.15) is 0 Å². The Labute approximate surface area is 138 Å². The molecule has 1 heterocycles. The van der Waals surface area contributed by atoms with Gasteiger partial charge in [-0.25, -0.2) is 0 Å². The fourth-order valence-corrected chi connectivity index (χ4v) is 3.86. The van der Waals surface area contributed by atoms with Gasteiger partial charge in [-0.05, 0) is 40.0 Å². The number of halogens is 1. The molecule has 0 aliphatic heterocycles. The van der Waals surface area contributed by atoms with Crippen LogP contribution in [0, 0.1) is 0 Å². The van der Waals surface area contributed by atoms with E-state index in [1.165, 1.54) is 9.35 Å². The van der Waals surface area contributed by atoms with Crippen LogP contribution in [-0.2, 0) is 6.42 Å². The SMILES string of the molecule is CCNC(Cc1sccc1Br)c1ccc(OC)cc1OC. The summed E-state index contributed by atoms with van der Waals surface area (Å²) in [6.45, 7) is 3.02. The van der Waals surface area contributed by atoms with E-state index in [2.05, 4.69) is 45.7 Å². The number of hydrogen-bond acceptors (Lipinski definition) is 4. The Hall–Kier alpha value is -1.04. The Morgan fingerprint density at radius 3 is 2.62 bits per heavy atom. The summed E-state index contributed by atoms with van der Waals surface area (Å²) in [5.74, 6) is 1.66. The molecule has 2 aromatic rings. The highest BCUT2D eigenvalue weighted by molar-refractivity contribution is 9.10. The van der Waals surface area contributed by atoms with Crippen molar-refractivity contribution in [2.75, 3.05) is 20.8 Å². The minimum atomic E-state index is 0.214. The van der Waals surface area contributed by atoms with Crippen LogP contribution in [0.4, 0.5) is 0 Å². The number of nitrogens with one attached hydrogen (secondary N) is 1. The lowest BCUT2D eigenvalue weighted by Gasteiger charge is -2.21. The van der Waals surface area contributed by atoms with E-state index in [1.54, 1.807) is 25.6 Å². The summed E-state index contributed by atoms with van der Waals surface area (Å²) in [5.41, 5.74) is 1.15. The molecule has 2 rings (SSSR count). The fraction of sp³-hybridized carbons (Fsp3) is 0.375. The molecule has 0 aliphatic rings. The second kappa shape index (κ2) is 7.82. The zero-order valence-corrected chi connectivity index (χ0v) is 14.9. The van der Waals surface area contributed by atoms with Crippen LogP contribution in [-0.4, -0.2) is 20.8 Å². The smallest absolute Gasteiger partial charge is 0.127 e. The van der Waals surface area contributed by atoms with Crippen LogP contribution < -0.4 is 14.8 Å². The molecule has 0 saturated heterocycles. The van der Waals surface area contributed by atoms with Gasteiger partial charge in [0.05, 0.1) is 14.2 Å². The van der Waals surface area contributed by atoms with Crippen LogP contribution in [0.15, 0.2) is 34.1 Å². The van der Waals surface area contributed by atoms with Gasteiger partial charge in [-0.3, -0.25) is 0 Å². The Balaban J connectivity index is 2.31. The number of rotatable bonds is 7. The van der Waals surface area contributed by atoms with Crippen molar-refractivity contribution in [2.45, 2.75) is 19.4 Å². The van der Waals surface area contributed by atoms with Crippen molar-refractivity contribution in [1.82, 2.24) is 5.32 Å². The van der Waals surface area contributed by atoms with Gasteiger partial charge in [-0.1, -0.05) is 13.0 Å². The lowest BCUT2D eigenvalue weighted by molar-refractivity contribution is 0.384. The number of methoxy groups -OCH3 is 2. The summed E-state index contributed by atoms with van der Waals surface area (Å²) < 4.78 is 12.0. The van der Waals surface area contributed by atoms with Crippen molar-refractivity contribution in [3.63, 3.8) is 0 Å². The third kappa shape index (κ3) is 3.99. The van der Waals surface area contributed by atoms with Crippen LogP contribution >= 0.6 is 27.3 Å². The second-order valence-electron chi connectivity index (χ2n) is 4.61. The molecule has 0 bridgehead atoms. The number of hydrogen-bond donors (Lipinski definition) is 1. The molecule has 0 amide bonds. The van der Waals surface area contributed by atoms with Crippen LogP contribution in [0.3, 0.4) is 0 Å². The van der Waals surface area contributed by atoms with E-state index in [9.17, 15) is 0 Å². The molecule has 1 atom stereocenters. The number of thiophene rings is 1. The van der Waals surface area contributed by atoms with Gasteiger partial charge in [0, 0.05) is 33.4 Å². The highest BCUT2D eigenvalue weighted by atomic mass is 79.9. The highest BCUT2D eigenvalue weighted by Crippen LogP contribution is 2.34. The predicted molar refractivity (Wildman–Crippen MR) is 91.7 cm³/mol. The standard InChI is InChI=1S/C16H20BrNO2S/c1-4-18-14(10-16-13(17)7-8-21-16)12-6-5-11(19-2)9-15(12)20-3/h5-9,14,18H,4,10H2,1-3H3. The summed E-state index contributed by atoms with van der Waals surface area (Å²) in [5, 5.41) is 5.65. The predicted octanol–water partition coefficient (Wildman–Crippen LogP) is 4.42. The van der Waals surface area contributed by atoms with Crippen molar-refractivity contribution in [3.8, 4) is 11.5 Å². The maximum atomic E-state index is 5.54. The number of ether oxygens (including phenoxy) is 2. The molecule has 1 aromatic heterocycles. The van der Waals surface area contributed by atoms with E-state index < -0.39 is 0 Å². The van der Waals surface area contributed by atoms with Gasteiger partial charge in [0.15, 0.2) is 0 Å². The van der Waals surface area contributed by atoms with Gasteiger partial charge in [0.1, 0.15) is 11.5 Å². The normalized spacial score (nSPS) is 12.2. The molecular weight excluding hydrogens is 350 g/mol. The molecule has 21 heavy (non-hydrogen) atoms. The monoisotopic (exact) mass is 369 g/mol. The van der Waals surface area contributed by atoms with Gasteiger partial charge >= 0.3 is 0 Å². The topological polar surface area (TPSA) is 30.5 Å². The Kier molecular flexibility index (Phi) is 6.08. The summed E-state index contributed by atoms with van der Waals surface area (Å²) in [6, 6.07) is 8.29. The van der Waals surface area contributed by atoms with Crippen molar-refractivity contribution in [2.24, 2.45) is 0 Å². The zero-order chi connectivity index (χ0) is 15.2. The highest BCUT2D eigenvalue weighted by Gasteiger charge is 2.18. The van der Waals surface area contributed by atoms with Crippen LogP contribution in [0.25, 0.3) is 0 Å². The minimum Gasteiger partial charge on any atom is -0.497 e. The van der Waals surface area contributed by atoms with E-state index in [-0.39, 0.29) is 6.04 Å². The average molecular weight is 370 g/mol. The van der Waals surface area contributed by atoms with Crippen LogP contribution in [0.5, 0.6) is 11.5 Å². The molecule has 1 aromatic carbocycles. The molecule has 114 valence electrons. The third-order valence-corrected chi connectivity index (χ3v) is 5.30. The van der Waals surface area contributed by atoms with Crippen molar-refractivity contribution in [3.05, 3.63) is 44.6 Å². The summed E-state index contributed by atoms with van der Waals surface area (Å²) in [6.07, 6.45) is 0.925. The van der Waals surface area contributed by atoms with Gasteiger partial charge in [0.25, 0.3) is 0 Å². The largest absolute Gasteiger partial charge is 0.497 e. The molecule has 1 N–H and O–H groups in total. The molecule has 3 nitrogen and oxygen atoms in total. The molecule has 0 spiro atoms. The quantitative estimate of drug-likeness (QED) is 0.783. The van der Waals surface area contributed by atoms with E-state index in [1.807, 2.05) is 12.1 Å². The van der Waals surface area contributed by atoms with E-state index in [0.29, 0.717) is 0 Å². The van der Waals surface area contributed by atoms with E-state index >= 15 is 0 Å². The molecule has 0 radical (unpaired) electrons. The minimum absolute atomic E-state index is 0.214. The molecule has 1 unspecified atom stereocenters. The van der Waals surface area contributed by atoms with Crippen molar-refractivity contribution >= 4 is 27.3 Å². The lowest BCUT2D eigenvalue weighted by Crippen LogP contribution is -2.23. The zero-order valence-electron chi connectivity index (χ0n) is 12.5. The summed E-state index contributed by atoms with van der Waals surface area (Å²) in [4.78, 5) is 1.33. The Bertz CT molecular complexity index is 585. The van der Waals surface area contributed by atoms with Crippen LogP contribution in [0.1, 0.15) is 23.4 Å². The van der Waals surface area contributed by atoms with Crippen LogP contribution in [0.2, 0.25) is 0 Å². The first-order valence-electron chi connectivity index (χ1n) is 6.86. The van der Waals surface area contributed by atoms with Crippen molar-refractivity contribution < 1.29 is 9.47 Å². The Morgan fingerprint density at radius 2 is 2.05 bits per heavy atom. The first-order chi connectivity index (χ1) is 10.2. The van der Waals surface area contributed by atoms with E-state index in [0.717, 1.165) is 30.0 Å². The molecular formula is C16H20BrNO2S. The summed E-state index contributed by atoms with van der Waals surface area (Å²) in [7, 11) is 3.36. The average Bonchev–Trinajstić information content (AvgIpc) is 2.91. The first kappa shape index (κ1) is 16.3. The van der Waals surface area contributed by atoms with Crippen molar-refractivity contribution in [1.29, 1.82) is 0 Å². The third-order valence-electron chi connectivity index (χ3n) is 3.35. The number of likely N-dealkylation sites (N-methyl/N-ethyl adjacent to an activating group) is 1. The first-order valence-corrected chi connectivity index (χ1v) is 8.54.